The van der Waals surface area contributed by atoms with E-state index in [9.17, 15) is 0 Å². The normalized spacial score (nSPS) is 11.5. The predicted molar refractivity (Wildman–Crippen MR) is 52.5 cm³/mol. The zero-order valence-corrected chi connectivity index (χ0v) is 7.58. The first kappa shape index (κ1) is 10.4. The van der Waals surface area contributed by atoms with E-state index in [2.05, 4.69) is 17.2 Å². The number of nitrogens with one attached hydrogen (secondary N) is 1. The maximum absolute atomic E-state index is 5.16. The third-order valence-corrected chi connectivity index (χ3v) is 2.00. The van der Waals surface area contributed by atoms with Crippen molar-refractivity contribution in [1.29, 1.82) is 0 Å². The highest BCUT2D eigenvalue weighted by Crippen LogP contribution is 1.95. The topological polar surface area (TPSA) is 12.0 Å². The summed E-state index contributed by atoms with van der Waals surface area (Å²) in [6.45, 7) is 2.89. The molecule has 0 radical (unpaired) electrons. The van der Waals surface area contributed by atoms with Gasteiger partial charge in [-0.25, -0.2) is 0 Å². The number of hydrogen-bond donors (Lipinski definition) is 1. The van der Waals surface area contributed by atoms with Gasteiger partial charge in [-0.1, -0.05) is 11.8 Å². The van der Waals surface area contributed by atoms with Crippen molar-refractivity contribution in [3.05, 3.63) is 0 Å². The Labute approximate surface area is 73.3 Å². The average molecular weight is 167 g/mol. The minimum absolute atomic E-state index is 0.168. The molecule has 0 aromatic rings. The van der Waals surface area contributed by atoms with Crippen molar-refractivity contribution in [3.63, 3.8) is 0 Å². The lowest BCUT2D eigenvalue weighted by atomic mass is 10.4. The highest BCUT2D eigenvalue weighted by molar-refractivity contribution is 7.99. The molecule has 0 heterocycles. The van der Waals surface area contributed by atoms with E-state index in [1.165, 1.54) is 0 Å². The van der Waals surface area contributed by atoms with Gasteiger partial charge >= 0.3 is 0 Å². The molecule has 2 heteroatoms. The van der Waals surface area contributed by atoms with E-state index in [4.69, 9.17) is 12.8 Å². The van der Waals surface area contributed by atoms with Crippen molar-refractivity contribution in [2.24, 2.45) is 0 Å². The van der Waals surface area contributed by atoms with Gasteiger partial charge in [0.1, 0.15) is 0 Å². The fourth-order valence-corrected chi connectivity index (χ4v) is 1.06. The van der Waals surface area contributed by atoms with Gasteiger partial charge in [-0.2, -0.15) is 0 Å². The van der Waals surface area contributed by atoms with Gasteiger partial charge in [-0.05, 0) is 6.92 Å². The van der Waals surface area contributed by atoms with Crippen molar-refractivity contribution in [3.8, 4) is 24.7 Å². The Morgan fingerprint density at radius 1 is 1.55 bits per heavy atom. The summed E-state index contributed by atoms with van der Waals surface area (Å²) in [5.41, 5.74) is 0. The Balaban J connectivity index is 3.04. The van der Waals surface area contributed by atoms with Crippen LogP contribution < -0.4 is 5.32 Å². The molecule has 1 nitrogen and oxygen atoms in total. The maximum Gasteiger partial charge on any atom is 0.0658 e. The summed E-state index contributed by atoms with van der Waals surface area (Å²) < 4.78 is 0. The SMILES string of the molecule is C#CCSCCNC(C)C#C. The zero-order valence-electron chi connectivity index (χ0n) is 6.76. The Hall–Kier alpha value is -0.570. The van der Waals surface area contributed by atoms with Gasteiger partial charge in [0.15, 0.2) is 0 Å². The van der Waals surface area contributed by atoms with Crippen LogP contribution in [0.2, 0.25) is 0 Å². The molecule has 0 aromatic heterocycles. The van der Waals surface area contributed by atoms with Crippen molar-refractivity contribution in [1.82, 2.24) is 5.32 Å². The van der Waals surface area contributed by atoms with E-state index >= 15 is 0 Å². The summed E-state index contributed by atoms with van der Waals surface area (Å²) in [5.74, 6) is 6.97. The Morgan fingerprint density at radius 3 is 2.82 bits per heavy atom. The van der Waals surface area contributed by atoms with Crippen LogP contribution in [0.25, 0.3) is 0 Å². The van der Waals surface area contributed by atoms with E-state index in [1.54, 1.807) is 11.8 Å². The molecular formula is C9H13NS. The molecule has 0 aliphatic heterocycles. The van der Waals surface area contributed by atoms with Crippen LogP contribution in [0.4, 0.5) is 0 Å². The van der Waals surface area contributed by atoms with Crippen LogP contribution in [0.1, 0.15) is 6.92 Å². The minimum atomic E-state index is 0.168. The molecule has 0 amide bonds. The monoisotopic (exact) mass is 167 g/mol. The summed E-state index contributed by atoms with van der Waals surface area (Å²) in [6, 6.07) is 0.168. The fourth-order valence-electron chi connectivity index (χ4n) is 0.538. The molecule has 0 aliphatic rings. The number of rotatable bonds is 5. The molecule has 1 N–H and O–H groups in total. The first-order valence-electron chi connectivity index (χ1n) is 3.52. The number of thioether (sulfide) groups is 1. The molecule has 60 valence electrons. The zero-order chi connectivity index (χ0) is 8.53. The molecule has 0 fully saturated rings. The predicted octanol–water partition coefficient (Wildman–Crippen LogP) is 0.964. The number of hydrogen-bond acceptors (Lipinski definition) is 2. The lowest BCUT2D eigenvalue weighted by Gasteiger charge is -2.05. The van der Waals surface area contributed by atoms with E-state index in [-0.39, 0.29) is 6.04 Å². The molecule has 1 unspecified atom stereocenters. The third kappa shape index (κ3) is 7.33. The molecule has 0 rings (SSSR count). The third-order valence-electron chi connectivity index (χ3n) is 1.13. The second kappa shape index (κ2) is 7.54. The molecule has 0 bridgehead atoms. The van der Waals surface area contributed by atoms with Crippen LogP contribution in [0.3, 0.4) is 0 Å². The van der Waals surface area contributed by atoms with Gasteiger partial charge in [0.25, 0.3) is 0 Å². The van der Waals surface area contributed by atoms with Crippen LogP contribution in [0.5, 0.6) is 0 Å². The fraction of sp³-hybridized carbons (Fsp3) is 0.556. The smallest absolute Gasteiger partial charge is 0.0658 e. The van der Waals surface area contributed by atoms with Gasteiger partial charge in [0.05, 0.1) is 11.8 Å². The van der Waals surface area contributed by atoms with Crippen molar-refractivity contribution in [2.75, 3.05) is 18.1 Å². The van der Waals surface area contributed by atoms with Gasteiger partial charge < -0.3 is 5.32 Å². The lowest BCUT2D eigenvalue weighted by molar-refractivity contribution is 0.681. The van der Waals surface area contributed by atoms with Gasteiger partial charge in [0, 0.05) is 12.3 Å². The van der Waals surface area contributed by atoms with Crippen LogP contribution >= 0.6 is 11.8 Å². The van der Waals surface area contributed by atoms with E-state index in [0.29, 0.717) is 0 Å². The highest BCUT2D eigenvalue weighted by atomic mass is 32.2. The summed E-state index contributed by atoms with van der Waals surface area (Å²) >= 11 is 1.74. The molecule has 1 atom stereocenters. The van der Waals surface area contributed by atoms with Crippen molar-refractivity contribution >= 4 is 11.8 Å². The minimum Gasteiger partial charge on any atom is -0.303 e. The highest BCUT2D eigenvalue weighted by Gasteiger charge is 1.92. The summed E-state index contributed by atoms with van der Waals surface area (Å²) in [5, 5.41) is 3.17. The van der Waals surface area contributed by atoms with E-state index in [1.807, 2.05) is 6.92 Å². The van der Waals surface area contributed by atoms with Crippen LogP contribution in [0.15, 0.2) is 0 Å². The first-order chi connectivity index (χ1) is 5.31. The average Bonchev–Trinajstić information content (AvgIpc) is 2.04. The second-order valence-electron chi connectivity index (χ2n) is 2.10. The Bertz CT molecular complexity index is 163. The largest absolute Gasteiger partial charge is 0.303 e. The first-order valence-corrected chi connectivity index (χ1v) is 4.67. The second-order valence-corrected chi connectivity index (χ2v) is 3.20. The Kier molecular flexibility index (Phi) is 7.15. The molecule has 0 saturated carbocycles. The van der Waals surface area contributed by atoms with Gasteiger partial charge in [0.2, 0.25) is 0 Å². The number of terminal acetylenes is 2. The summed E-state index contributed by atoms with van der Waals surface area (Å²) in [6.07, 6.45) is 10.2. The summed E-state index contributed by atoms with van der Waals surface area (Å²) in [4.78, 5) is 0. The van der Waals surface area contributed by atoms with Gasteiger partial charge in [-0.15, -0.1) is 24.6 Å². The van der Waals surface area contributed by atoms with E-state index in [0.717, 1.165) is 18.1 Å². The molecule has 0 aliphatic carbocycles. The Morgan fingerprint density at radius 2 is 2.27 bits per heavy atom. The molecular weight excluding hydrogens is 154 g/mol. The molecule has 0 aromatic carbocycles. The van der Waals surface area contributed by atoms with Crippen LogP contribution in [0, 0.1) is 24.7 Å². The molecule has 0 spiro atoms. The van der Waals surface area contributed by atoms with E-state index < -0.39 is 0 Å². The van der Waals surface area contributed by atoms with Crippen molar-refractivity contribution in [2.45, 2.75) is 13.0 Å². The molecule has 0 saturated heterocycles. The van der Waals surface area contributed by atoms with Crippen LogP contribution in [-0.4, -0.2) is 24.1 Å². The quantitative estimate of drug-likeness (QED) is 0.483. The molecule has 11 heavy (non-hydrogen) atoms. The van der Waals surface area contributed by atoms with Crippen molar-refractivity contribution < 1.29 is 0 Å². The van der Waals surface area contributed by atoms with Crippen LogP contribution in [-0.2, 0) is 0 Å². The standard InChI is InChI=1S/C9H13NS/c1-4-7-11-8-6-10-9(3)5-2/h1-2,9-10H,6-8H2,3H3. The van der Waals surface area contributed by atoms with Gasteiger partial charge in [-0.3, -0.25) is 0 Å². The summed E-state index contributed by atoms with van der Waals surface area (Å²) in [7, 11) is 0. The lowest BCUT2D eigenvalue weighted by Crippen LogP contribution is -2.26. The maximum atomic E-state index is 5.16.